The van der Waals surface area contributed by atoms with E-state index in [0.29, 0.717) is 50.7 Å². The summed E-state index contributed by atoms with van der Waals surface area (Å²) in [5.41, 5.74) is 4.74. The van der Waals surface area contributed by atoms with Gasteiger partial charge in [-0.1, -0.05) is 20.8 Å². The molecule has 0 aliphatic carbocycles. The van der Waals surface area contributed by atoms with Crippen molar-refractivity contribution in [2.45, 2.75) is 20.8 Å². The van der Waals surface area contributed by atoms with Gasteiger partial charge in [0.2, 0.25) is 5.91 Å². The number of pyridine rings is 3. The fraction of sp³-hybridized carbons (Fsp3) is 0.143. The summed E-state index contributed by atoms with van der Waals surface area (Å²) >= 11 is 0. The minimum Gasteiger partial charge on any atom is -0.508 e. The third-order valence-corrected chi connectivity index (χ3v) is 6.23. The largest absolute Gasteiger partial charge is 0.508 e. The van der Waals surface area contributed by atoms with Gasteiger partial charge in [0.25, 0.3) is 0 Å². The van der Waals surface area contributed by atoms with Crippen molar-refractivity contribution in [1.82, 2.24) is 35.1 Å². The zero-order valence-electron chi connectivity index (χ0n) is 21.2. The number of fused-ring (bicyclic) bond motifs is 2. The van der Waals surface area contributed by atoms with E-state index in [1.165, 1.54) is 12.1 Å². The van der Waals surface area contributed by atoms with Crippen LogP contribution in [0.15, 0.2) is 61.2 Å². The topological polar surface area (TPSA) is 145 Å². The molecule has 0 unspecified atom stereocenters. The van der Waals surface area contributed by atoms with E-state index in [2.05, 4.69) is 40.4 Å². The number of halogens is 1. The van der Waals surface area contributed by atoms with Gasteiger partial charge in [-0.05, 0) is 35.9 Å². The number of benzene rings is 1. The molecule has 10 nitrogen and oxygen atoms in total. The highest BCUT2D eigenvalue weighted by molar-refractivity contribution is 5.97. The lowest BCUT2D eigenvalue weighted by Gasteiger charge is -2.17. The highest BCUT2D eigenvalue weighted by Crippen LogP contribution is 2.33. The molecule has 0 spiro atoms. The molecule has 0 aliphatic rings. The minimum atomic E-state index is -0.551. The molecule has 194 valence electrons. The lowest BCUT2D eigenvalue weighted by molar-refractivity contribution is -0.123. The maximum absolute atomic E-state index is 14.0. The van der Waals surface area contributed by atoms with Crippen LogP contribution in [0.4, 0.5) is 10.1 Å². The monoisotopic (exact) mass is 522 g/mol. The van der Waals surface area contributed by atoms with Gasteiger partial charge in [0.1, 0.15) is 17.3 Å². The first-order valence-corrected chi connectivity index (χ1v) is 12.1. The molecule has 1 aromatic carbocycles. The van der Waals surface area contributed by atoms with Crippen LogP contribution >= 0.6 is 0 Å². The number of aromatic hydroxyl groups is 1. The Bertz CT molecular complexity index is 1870. The number of rotatable bonds is 4. The van der Waals surface area contributed by atoms with E-state index in [1.807, 2.05) is 32.9 Å². The molecule has 0 saturated carbocycles. The second-order valence-corrected chi connectivity index (χ2v) is 10.2. The van der Waals surface area contributed by atoms with E-state index in [-0.39, 0.29) is 11.7 Å². The number of phenols is 1. The number of hydrogen-bond acceptors (Lipinski definition) is 7. The van der Waals surface area contributed by atoms with Crippen molar-refractivity contribution >= 4 is 33.7 Å². The molecule has 1 amide bonds. The Morgan fingerprint density at radius 1 is 1.03 bits per heavy atom. The molecule has 0 atom stereocenters. The number of nitrogens with zero attached hydrogens (tertiary/aromatic N) is 5. The Balaban J connectivity index is 1.41. The van der Waals surface area contributed by atoms with Crippen LogP contribution in [-0.4, -0.2) is 46.1 Å². The Kier molecular flexibility index (Phi) is 5.56. The summed E-state index contributed by atoms with van der Waals surface area (Å²) in [6, 6.07) is 9.27. The van der Waals surface area contributed by atoms with Crippen molar-refractivity contribution in [2.75, 3.05) is 5.32 Å². The van der Waals surface area contributed by atoms with E-state index >= 15 is 0 Å². The molecular weight excluding hydrogens is 499 g/mol. The third-order valence-electron chi connectivity index (χ3n) is 6.23. The van der Waals surface area contributed by atoms with Crippen molar-refractivity contribution in [3.63, 3.8) is 0 Å². The molecule has 0 radical (unpaired) electrons. The Labute approximate surface area is 221 Å². The molecule has 11 heteroatoms. The normalized spacial score (nSPS) is 11.8. The second-order valence-electron chi connectivity index (χ2n) is 10.2. The molecular formula is C28H23FN8O2. The van der Waals surface area contributed by atoms with Crippen molar-refractivity contribution in [2.24, 2.45) is 5.41 Å². The molecule has 0 fully saturated rings. The first-order valence-electron chi connectivity index (χ1n) is 12.1. The first kappa shape index (κ1) is 24.2. The number of amides is 1. The van der Waals surface area contributed by atoms with Crippen molar-refractivity contribution in [1.29, 1.82) is 0 Å². The predicted octanol–water partition coefficient (Wildman–Crippen LogP) is 5.45. The third kappa shape index (κ3) is 4.54. The highest BCUT2D eigenvalue weighted by atomic mass is 19.1. The Hall–Kier alpha value is -5.19. The van der Waals surface area contributed by atoms with Crippen LogP contribution in [0.5, 0.6) is 5.75 Å². The molecule has 0 bridgehead atoms. The van der Waals surface area contributed by atoms with Crippen LogP contribution in [0.1, 0.15) is 20.8 Å². The van der Waals surface area contributed by atoms with Crippen LogP contribution < -0.4 is 5.32 Å². The fourth-order valence-corrected chi connectivity index (χ4v) is 4.22. The first-order chi connectivity index (χ1) is 18.7. The number of carbonyl (C=O) groups is 1. The lowest BCUT2D eigenvalue weighted by atomic mass is 9.95. The second kappa shape index (κ2) is 8.98. The summed E-state index contributed by atoms with van der Waals surface area (Å²) in [4.78, 5) is 33.5. The number of anilines is 1. The van der Waals surface area contributed by atoms with E-state index in [1.54, 1.807) is 30.9 Å². The molecule has 0 saturated heterocycles. The average Bonchev–Trinajstić information content (AvgIpc) is 3.51. The van der Waals surface area contributed by atoms with Crippen LogP contribution in [0.25, 0.3) is 56.0 Å². The maximum Gasteiger partial charge on any atom is 0.229 e. The molecule has 39 heavy (non-hydrogen) atoms. The summed E-state index contributed by atoms with van der Waals surface area (Å²) in [5.74, 6) is -0.388. The molecule has 0 aliphatic heterocycles. The van der Waals surface area contributed by atoms with Gasteiger partial charge in [-0.3, -0.25) is 19.9 Å². The van der Waals surface area contributed by atoms with Gasteiger partial charge < -0.3 is 15.4 Å². The maximum atomic E-state index is 14.0. The zero-order chi connectivity index (χ0) is 27.3. The average molecular weight is 523 g/mol. The van der Waals surface area contributed by atoms with Gasteiger partial charge >= 0.3 is 0 Å². The lowest BCUT2D eigenvalue weighted by Crippen LogP contribution is -2.27. The van der Waals surface area contributed by atoms with Crippen LogP contribution in [0.3, 0.4) is 0 Å². The van der Waals surface area contributed by atoms with Crippen LogP contribution in [0, 0.1) is 11.2 Å². The number of phenolic OH excluding ortho intramolecular Hbond substituents is 1. The minimum absolute atomic E-state index is 0.117. The summed E-state index contributed by atoms with van der Waals surface area (Å²) in [7, 11) is 0. The quantitative estimate of drug-likeness (QED) is 0.241. The number of aromatic nitrogens is 7. The molecule has 6 aromatic rings. The Morgan fingerprint density at radius 2 is 1.87 bits per heavy atom. The van der Waals surface area contributed by atoms with Crippen LogP contribution in [0.2, 0.25) is 0 Å². The van der Waals surface area contributed by atoms with E-state index < -0.39 is 11.2 Å². The van der Waals surface area contributed by atoms with Gasteiger partial charge in [-0.15, -0.1) is 0 Å². The molecule has 5 aromatic heterocycles. The number of carbonyl (C=O) groups excluding carboxylic acids is 1. The van der Waals surface area contributed by atoms with E-state index in [9.17, 15) is 14.3 Å². The van der Waals surface area contributed by atoms with Crippen LogP contribution in [-0.2, 0) is 4.79 Å². The molecule has 4 N–H and O–H groups in total. The van der Waals surface area contributed by atoms with Gasteiger partial charge in [0.15, 0.2) is 11.5 Å². The number of H-pyrrole nitrogens is 2. The van der Waals surface area contributed by atoms with Gasteiger partial charge in [-0.25, -0.2) is 14.4 Å². The number of hydrogen-bond donors (Lipinski definition) is 4. The van der Waals surface area contributed by atoms with Gasteiger partial charge in [0, 0.05) is 40.4 Å². The standard InChI is InChI=1S/C28H23FN8O2/c1-28(2,3)27(39)33-17-7-15(11-30-12-17)21-10-20-22(13-32-21)36-37-24(20)26-34-23-19(4-5-31-25(23)35-26)14-6-16(29)9-18(38)8-14/h4-13,38H,1-3H3,(H,33,39)(H,36,37)(H,31,34,35). The van der Waals surface area contributed by atoms with Gasteiger partial charge in [-0.2, -0.15) is 5.10 Å². The number of aromatic amines is 2. The number of imidazole rings is 1. The van der Waals surface area contributed by atoms with Gasteiger partial charge in [0.05, 0.1) is 34.8 Å². The summed E-state index contributed by atoms with van der Waals surface area (Å²) in [5, 5.41) is 21.0. The molecule has 5 heterocycles. The van der Waals surface area contributed by atoms with Crippen molar-refractivity contribution < 1.29 is 14.3 Å². The van der Waals surface area contributed by atoms with E-state index in [0.717, 1.165) is 17.0 Å². The Morgan fingerprint density at radius 3 is 2.67 bits per heavy atom. The predicted molar refractivity (Wildman–Crippen MR) is 145 cm³/mol. The number of nitrogens with one attached hydrogen (secondary N) is 3. The molecule has 6 rings (SSSR count). The zero-order valence-corrected chi connectivity index (χ0v) is 21.2. The van der Waals surface area contributed by atoms with E-state index in [4.69, 9.17) is 0 Å². The van der Waals surface area contributed by atoms with Crippen molar-refractivity contribution in [3.8, 4) is 39.7 Å². The summed E-state index contributed by atoms with van der Waals surface area (Å²) < 4.78 is 14.0. The highest BCUT2D eigenvalue weighted by Gasteiger charge is 2.22. The summed E-state index contributed by atoms with van der Waals surface area (Å²) in [6.45, 7) is 5.52. The smallest absolute Gasteiger partial charge is 0.229 e. The fourth-order valence-electron chi connectivity index (χ4n) is 4.22. The summed E-state index contributed by atoms with van der Waals surface area (Å²) in [6.07, 6.45) is 6.51. The SMILES string of the molecule is CC(C)(C)C(=O)Nc1cncc(-c2cc3c(-c4nc5nccc(-c6cc(O)cc(F)c6)c5[nH]4)n[nH]c3cn2)c1. The van der Waals surface area contributed by atoms with Crippen molar-refractivity contribution in [3.05, 3.63) is 67.0 Å².